The summed E-state index contributed by atoms with van der Waals surface area (Å²) in [6, 6.07) is 0. The molecule has 0 spiro atoms. The second-order valence-electron chi connectivity index (χ2n) is 0.685. The molecule has 0 nitrogen and oxygen atoms in total. The maximum absolute atomic E-state index is 7.46. The van der Waals surface area contributed by atoms with Gasteiger partial charge in [0.25, 0.3) is 0 Å². The average molecular weight is 176 g/mol. The minimum atomic E-state index is -3.54. The molecule has 0 aromatic rings. The minimum absolute atomic E-state index is 0.594. The van der Waals surface area contributed by atoms with Crippen molar-refractivity contribution in [3.05, 3.63) is 0 Å². The summed E-state index contributed by atoms with van der Waals surface area (Å²) in [5, 5.41) is -0.594. The molecule has 0 aromatic heterocycles. The van der Waals surface area contributed by atoms with Crippen LogP contribution in [0.2, 0.25) is 0 Å². The molecule has 0 unspecified atom stereocenters. The molecule has 0 bridgehead atoms. The lowest BCUT2D eigenvalue weighted by molar-refractivity contribution is 0.708. The largest absolute Gasteiger partial charge is 0.0928 e. The van der Waals surface area contributed by atoms with Gasteiger partial charge in [-0.3, -0.25) is 0 Å². The molecular formula is C6H13Br. The summed E-state index contributed by atoms with van der Waals surface area (Å²) in [5.41, 5.74) is 0. The zero-order chi connectivity index (χ0) is 15.2. The van der Waals surface area contributed by atoms with E-state index in [-0.39, 0.29) is 0 Å². The Morgan fingerprint density at radius 3 is 3.00 bits per heavy atom. The first kappa shape index (κ1) is 1.03. The molecule has 0 aliphatic rings. The van der Waals surface area contributed by atoms with E-state index in [2.05, 4.69) is 15.9 Å². The summed E-state index contributed by atoms with van der Waals surface area (Å²) < 4.78 is 80.0. The van der Waals surface area contributed by atoms with Crippen LogP contribution < -0.4 is 0 Å². The van der Waals surface area contributed by atoms with E-state index in [0.29, 0.717) is 0 Å². The molecule has 0 heterocycles. The summed E-state index contributed by atoms with van der Waals surface area (Å²) >= 11 is 2.67. The summed E-state index contributed by atoms with van der Waals surface area (Å²) in [7, 11) is 0. The van der Waals surface area contributed by atoms with E-state index in [1.165, 1.54) is 0 Å². The third-order valence-corrected chi connectivity index (χ3v) is 0.561. The minimum Gasteiger partial charge on any atom is -0.0928 e. The Morgan fingerprint density at radius 2 is 2.43 bits per heavy atom. The van der Waals surface area contributed by atoms with Crippen LogP contribution in [0, 0.1) is 0 Å². The van der Waals surface area contributed by atoms with Gasteiger partial charge in [-0.25, -0.2) is 0 Å². The van der Waals surface area contributed by atoms with E-state index in [9.17, 15) is 0 Å². The molecule has 0 aromatic carbocycles. The van der Waals surface area contributed by atoms with E-state index >= 15 is 0 Å². The highest BCUT2D eigenvalue weighted by Gasteiger charge is 1.81. The van der Waals surface area contributed by atoms with E-state index in [1.807, 2.05) is 0 Å². The maximum atomic E-state index is 7.46. The van der Waals surface area contributed by atoms with Crippen molar-refractivity contribution in [2.45, 2.75) is 32.3 Å². The van der Waals surface area contributed by atoms with Gasteiger partial charge in [-0.05, 0) is 6.37 Å². The summed E-state index contributed by atoms with van der Waals surface area (Å²) in [4.78, 5) is 0. The highest BCUT2D eigenvalue weighted by Crippen LogP contribution is 1.99. The Bertz CT molecular complexity index is 303. The molecule has 7 heavy (non-hydrogen) atoms. The van der Waals surface area contributed by atoms with Crippen molar-refractivity contribution in [2.24, 2.45) is 0 Å². The van der Waals surface area contributed by atoms with Crippen LogP contribution in [-0.4, -0.2) is 5.33 Å². The van der Waals surface area contributed by atoms with Crippen LogP contribution in [0.4, 0.5) is 0 Å². The molecule has 44 valence electrons. The molecule has 1 heteroatoms. The monoisotopic (exact) mass is 175 g/mol. The second kappa shape index (κ2) is 6.48. The van der Waals surface area contributed by atoms with Gasteiger partial charge in [0.2, 0.25) is 0 Å². The van der Waals surface area contributed by atoms with Crippen LogP contribution in [0.1, 0.15) is 47.4 Å². The van der Waals surface area contributed by atoms with Gasteiger partial charge in [0.15, 0.2) is 0 Å². The SMILES string of the molecule is [2H]C([2H])([2H])C([2H])([2H])C([2H])([2H])C([2H])([2H])C([2H])([2H])CBr. The van der Waals surface area contributed by atoms with Gasteiger partial charge >= 0.3 is 0 Å². The van der Waals surface area contributed by atoms with Gasteiger partial charge in [0.1, 0.15) is 0 Å². The standard InChI is InChI=1S/C6H13Br/c1-2-3-4-5-6-7/h2-6H2,1H3/i1D3,2D2,3D2,4D2,5D2. The number of hydrogen-bond acceptors (Lipinski definition) is 0. The van der Waals surface area contributed by atoms with E-state index in [4.69, 9.17) is 15.1 Å². The van der Waals surface area contributed by atoms with Crippen molar-refractivity contribution in [1.82, 2.24) is 0 Å². The second-order valence-corrected chi connectivity index (χ2v) is 1.25. The molecule has 0 saturated carbocycles. The summed E-state index contributed by atoms with van der Waals surface area (Å²) in [6.07, 6.45) is -13.2. The van der Waals surface area contributed by atoms with Crippen molar-refractivity contribution in [2.75, 3.05) is 5.33 Å². The molecule has 0 radical (unpaired) electrons. The van der Waals surface area contributed by atoms with Crippen LogP contribution in [0.25, 0.3) is 0 Å². The first-order valence-electron chi connectivity index (χ1n) is 7.12. The lowest BCUT2D eigenvalue weighted by Gasteiger charge is -1.89. The molecular weight excluding hydrogens is 152 g/mol. The van der Waals surface area contributed by atoms with Gasteiger partial charge in [-0.1, -0.05) is 41.9 Å². The number of rotatable bonds is 4. The lowest BCUT2D eigenvalue weighted by atomic mass is 10.2. The molecule has 0 aliphatic heterocycles. The topological polar surface area (TPSA) is 0 Å². The Balaban J connectivity index is 5.80. The van der Waals surface area contributed by atoms with Crippen molar-refractivity contribution in [3.63, 3.8) is 0 Å². The van der Waals surface area contributed by atoms with E-state index in [0.717, 1.165) is 0 Å². The van der Waals surface area contributed by atoms with Gasteiger partial charge in [-0.2, -0.15) is 0 Å². The van der Waals surface area contributed by atoms with Crippen LogP contribution in [-0.2, 0) is 0 Å². The first-order chi connectivity index (χ1) is 7.56. The van der Waals surface area contributed by atoms with Crippen molar-refractivity contribution in [1.29, 1.82) is 0 Å². The zero-order valence-electron chi connectivity index (χ0n) is 14.6. The third-order valence-electron chi connectivity index (χ3n) is 0.280. The van der Waals surface area contributed by atoms with Crippen molar-refractivity contribution >= 4 is 15.9 Å². The number of hydrogen-bond donors (Lipinski definition) is 0. The Hall–Kier alpha value is 0.480. The third kappa shape index (κ3) is 6.48. The van der Waals surface area contributed by atoms with Crippen LogP contribution in [0.5, 0.6) is 0 Å². The summed E-state index contributed by atoms with van der Waals surface area (Å²) in [5.74, 6) is 0. The van der Waals surface area contributed by atoms with Gasteiger partial charge in [0, 0.05) is 20.4 Å². The summed E-state index contributed by atoms with van der Waals surface area (Å²) in [6.45, 7) is -3.41. The van der Waals surface area contributed by atoms with Crippen LogP contribution >= 0.6 is 15.9 Å². The molecule has 0 atom stereocenters. The highest BCUT2D eigenvalue weighted by molar-refractivity contribution is 9.09. The van der Waals surface area contributed by atoms with Crippen LogP contribution in [0.3, 0.4) is 0 Å². The Morgan fingerprint density at radius 1 is 1.57 bits per heavy atom. The first-order valence-corrected chi connectivity index (χ1v) is 2.74. The quantitative estimate of drug-likeness (QED) is 0.577. The highest BCUT2D eigenvalue weighted by atomic mass is 79.9. The fraction of sp³-hybridized carbons (Fsp3) is 1.00. The predicted octanol–water partition coefficient (Wildman–Crippen LogP) is 2.96. The molecule has 0 rings (SSSR count). The van der Waals surface area contributed by atoms with Gasteiger partial charge in [0.05, 0.1) is 0 Å². The fourth-order valence-corrected chi connectivity index (χ4v) is 0.249. The van der Waals surface area contributed by atoms with Crippen molar-refractivity contribution in [3.8, 4) is 0 Å². The average Bonchev–Trinajstić information content (AvgIpc) is 2.15. The normalized spacial score (nSPS) is 42.7. The predicted molar refractivity (Wildman–Crippen MR) is 37.9 cm³/mol. The molecule has 0 aliphatic carbocycles. The zero-order valence-corrected chi connectivity index (χ0v) is 5.17. The lowest BCUT2D eigenvalue weighted by Crippen LogP contribution is -1.73. The Labute approximate surface area is 69.9 Å². The Kier molecular flexibility index (Phi) is 0.952. The maximum Gasteiger partial charge on any atom is 0.0275 e. The number of halogens is 1. The van der Waals surface area contributed by atoms with E-state index in [1.54, 1.807) is 0 Å². The van der Waals surface area contributed by atoms with Gasteiger partial charge in [-0.15, -0.1) is 0 Å². The van der Waals surface area contributed by atoms with Crippen molar-refractivity contribution < 1.29 is 15.1 Å². The molecule has 0 fully saturated rings. The smallest absolute Gasteiger partial charge is 0.0275 e. The molecule has 0 saturated heterocycles. The molecule has 0 N–H and O–H groups in total. The van der Waals surface area contributed by atoms with Gasteiger partial charge < -0.3 is 0 Å². The fourth-order valence-electron chi connectivity index (χ4n) is 0.109. The number of alkyl halides is 1. The van der Waals surface area contributed by atoms with Crippen LogP contribution in [0.15, 0.2) is 0 Å². The molecule has 0 amide bonds. The van der Waals surface area contributed by atoms with E-state index < -0.39 is 37.7 Å².